The van der Waals surface area contributed by atoms with Crippen molar-refractivity contribution in [1.29, 1.82) is 0 Å². The van der Waals surface area contributed by atoms with Crippen molar-refractivity contribution in [3.05, 3.63) is 35.3 Å². The molecule has 2 aliphatic rings. The normalized spacial score (nSPS) is 24.7. The quantitative estimate of drug-likeness (QED) is 0.926. The van der Waals surface area contributed by atoms with Crippen LogP contribution in [-0.4, -0.2) is 36.2 Å². The fourth-order valence-electron chi connectivity index (χ4n) is 2.85. The molecule has 1 aliphatic heterocycles. The maximum atomic E-state index is 14.2. The molecule has 0 saturated heterocycles. The summed E-state index contributed by atoms with van der Waals surface area (Å²) in [4.78, 5) is 17.3. The first kappa shape index (κ1) is 15.6. The number of rotatable bonds is 3. The largest absolute Gasteiger partial charge is 0.699 e. The summed E-state index contributed by atoms with van der Waals surface area (Å²) < 4.78 is 41.9. The Labute approximate surface area is 131 Å². The summed E-state index contributed by atoms with van der Waals surface area (Å²) in [6.45, 7) is -0.479. The Bertz CT molecular complexity index is 675. The monoisotopic (exact) mass is 325 g/mol. The first-order valence-electron chi connectivity index (χ1n) is 7.26. The fourth-order valence-corrected chi connectivity index (χ4v) is 2.85. The number of aliphatic imine (C=N–C) groups is 1. The van der Waals surface area contributed by atoms with Gasteiger partial charge in [-0.2, -0.15) is 0 Å². The van der Waals surface area contributed by atoms with E-state index in [1.54, 1.807) is 0 Å². The van der Waals surface area contributed by atoms with E-state index in [-0.39, 0.29) is 29.9 Å². The van der Waals surface area contributed by atoms with E-state index in [1.807, 2.05) is 0 Å². The van der Waals surface area contributed by atoms with Crippen LogP contribution in [0.15, 0.2) is 23.2 Å². The van der Waals surface area contributed by atoms with Crippen LogP contribution in [0.3, 0.4) is 0 Å². The van der Waals surface area contributed by atoms with E-state index in [0.29, 0.717) is 0 Å². The average molecular weight is 325 g/mol. The van der Waals surface area contributed by atoms with Crippen LogP contribution in [-0.2, 0) is 10.3 Å². The molecule has 0 spiro atoms. The predicted octanol–water partition coefficient (Wildman–Crippen LogP) is 2.58. The van der Waals surface area contributed by atoms with Crippen LogP contribution >= 0.6 is 0 Å². The number of amidine groups is 1. The summed E-state index contributed by atoms with van der Waals surface area (Å²) >= 11 is 0. The minimum Gasteiger partial charge on any atom is -0.699 e. The van der Waals surface area contributed by atoms with Gasteiger partial charge in [-0.15, -0.1) is 5.69 Å². The van der Waals surface area contributed by atoms with Crippen LogP contribution in [0.4, 0.5) is 18.9 Å². The van der Waals surface area contributed by atoms with Crippen LogP contribution < -0.4 is 5.73 Å². The van der Waals surface area contributed by atoms with Crippen molar-refractivity contribution in [2.75, 3.05) is 13.1 Å². The maximum Gasteiger partial charge on any atom is 0.269 e. The Hall–Kier alpha value is -2.25. The summed E-state index contributed by atoms with van der Waals surface area (Å²) in [7, 11) is 0. The molecular weight excluding hydrogens is 309 g/mol. The highest BCUT2D eigenvalue weighted by Gasteiger charge is 2.49. The zero-order chi connectivity index (χ0) is 16.8. The number of hydrogen-bond donors (Lipinski definition) is 1. The van der Waals surface area contributed by atoms with Crippen molar-refractivity contribution in [2.45, 2.75) is 24.8 Å². The Morgan fingerprint density at radius 1 is 1.43 bits per heavy atom. The smallest absolute Gasteiger partial charge is 0.269 e. The van der Waals surface area contributed by atoms with Gasteiger partial charge in [-0.05, 0) is 18.9 Å². The van der Waals surface area contributed by atoms with Gasteiger partial charge in [0, 0.05) is 11.5 Å². The van der Waals surface area contributed by atoms with E-state index >= 15 is 0 Å². The molecular formula is C15H16F3N4O-. The molecule has 0 aromatic heterocycles. The highest BCUT2D eigenvalue weighted by molar-refractivity contribution is 5.90. The van der Waals surface area contributed by atoms with Gasteiger partial charge < -0.3 is 16.4 Å². The molecule has 1 unspecified atom stereocenters. The summed E-state index contributed by atoms with van der Waals surface area (Å²) in [5.74, 6) is -1.45. The number of hydrogen-bond acceptors (Lipinski definition) is 3. The number of halogens is 3. The Kier molecular flexibility index (Phi) is 3.69. The lowest BCUT2D eigenvalue weighted by Gasteiger charge is -2.39. The molecule has 0 bridgehead atoms. The van der Waals surface area contributed by atoms with Crippen molar-refractivity contribution < 1.29 is 18.0 Å². The van der Waals surface area contributed by atoms with Crippen molar-refractivity contribution in [2.24, 2.45) is 16.6 Å². The highest BCUT2D eigenvalue weighted by atomic mass is 19.3. The molecule has 1 atom stereocenters. The number of nitrogens with zero attached hydrogens (tertiary/aromatic N) is 2. The Morgan fingerprint density at radius 2 is 2.13 bits per heavy atom. The van der Waals surface area contributed by atoms with Gasteiger partial charge in [0.25, 0.3) is 6.43 Å². The molecule has 3 N–H and O–H groups in total. The molecule has 1 saturated carbocycles. The second kappa shape index (κ2) is 5.43. The van der Waals surface area contributed by atoms with Gasteiger partial charge in [0.05, 0.1) is 13.1 Å². The van der Waals surface area contributed by atoms with Gasteiger partial charge in [-0.3, -0.25) is 9.79 Å². The standard InChI is InChI=1S/C15H16F3N4O/c16-11-4-3-9(19)5-10(11)15(14(17)18)7-22(6-12(20)21-15)13(23)8-1-2-8/h3-5,8,14,19H,1-2,6-7H2,(H2,20,21)/q-1. The average Bonchev–Trinajstić information content (AvgIpc) is 3.32. The first-order chi connectivity index (χ1) is 10.8. The molecule has 1 heterocycles. The summed E-state index contributed by atoms with van der Waals surface area (Å²) in [6.07, 6.45) is -1.61. The Balaban J connectivity index is 2.07. The molecule has 23 heavy (non-hydrogen) atoms. The van der Waals surface area contributed by atoms with E-state index < -0.39 is 29.9 Å². The van der Waals surface area contributed by atoms with Gasteiger partial charge in [-0.1, -0.05) is 12.1 Å². The lowest BCUT2D eigenvalue weighted by Crippen LogP contribution is -2.55. The van der Waals surface area contributed by atoms with Crippen LogP contribution in [0.2, 0.25) is 0 Å². The number of carbonyl (C=O) groups is 1. The minimum absolute atomic E-state index is 0.0357. The first-order valence-corrected chi connectivity index (χ1v) is 7.26. The molecule has 8 heteroatoms. The van der Waals surface area contributed by atoms with Gasteiger partial charge in [0.1, 0.15) is 11.7 Å². The lowest BCUT2D eigenvalue weighted by molar-refractivity contribution is -0.134. The van der Waals surface area contributed by atoms with E-state index in [1.165, 1.54) is 11.0 Å². The molecule has 1 aromatic rings. The van der Waals surface area contributed by atoms with Gasteiger partial charge >= 0.3 is 0 Å². The molecule has 1 aromatic carbocycles. The third kappa shape index (κ3) is 2.73. The van der Waals surface area contributed by atoms with E-state index in [2.05, 4.69) is 4.99 Å². The molecule has 1 amide bonds. The molecule has 1 fully saturated rings. The van der Waals surface area contributed by atoms with Crippen LogP contribution in [0, 0.1) is 11.7 Å². The SMILES string of the molecule is [NH-]c1ccc(F)c(C2(C(F)F)CN(C(=O)C3CC3)CC(N)=N2)c1. The van der Waals surface area contributed by atoms with Crippen molar-refractivity contribution in [1.82, 2.24) is 4.90 Å². The van der Waals surface area contributed by atoms with E-state index in [0.717, 1.165) is 25.0 Å². The number of alkyl halides is 2. The van der Waals surface area contributed by atoms with Crippen molar-refractivity contribution in [3.8, 4) is 0 Å². The minimum atomic E-state index is -3.06. The van der Waals surface area contributed by atoms with Gasteiger partial charge in [0.15, 0.2) is 5.54 Å². The third-order valence-electron chi connectivity index (χ3n) is 4.16. The number of nitrogens with one attached hydrogen (secondary N) is 1. The second-order valence-electron chi connectivity index (χ2n) is 5.99. The fraction of sp³-hybridized carbons (Fsp3) is 0.467. The number of benzene rings is 1. The zero-order valence-electron chi connectivity index (χ0n) is 12.2. The van der Waals surface area contributed by atoms with E-state index in [9.17, 15) is 18.0 Å². The molecule has 0 radical (unpaired) electrons. The second-order valence-corrected chi connectivity index (χ2v) is 5.99. The van der Waals surface area contributed by atoms with Crippen LogP contribution in [0.25, 0.3) is 5.73 Å². The zero-order valence-corrected chi connectivity index (χ0v) is 12.2. The molecule has 124 valence electrons. The van der Waals surface area contributed by atoms with Crippen LogP contribution in [0.1, 0.15) is 18.4 Å². The van der Waals surface area contributed by atoms with Crippen molar-refractivity contribution in [3.63, 3.8) is 0 Å². The summed E-state index contributed by atoms with van der Waals surface area (Å²) in [6, 6.07) is 3.14. The highest BCUT2D eigenvalue weighted by Crippen LogP contribution is 2.40. The summed E-state index contributed by atoms with van der Waals surface area (Å²) in [5, 5.41) is 0. The Morgan fingerprint density at radius 3 is 2.74 bits per heavy atom. The third-order valence-corrected chi connectivity index (χ3v) is 4.16. The van der Waals surface area contributed by atoms with Crippen molar-refractivity contribution >= 4 is 17.4 Å². The molecule has 3 rings (SSSR count). The number of nitrogens with two attached hydrogens (primary N) is 1. The lowest BCUT2D eigenvalue weighted by atomic mass is 9.87. The van der Waals surface area contributed by atoms with Gasteiger partial charge in [0.2, 0.25) is 5.91 Å². The molecule has 5 nitrogen and oxygen atoms in total. The maximum absolute atomic E-state index is 14.2. The predicted molar refractivity (Wildman–Crippen MR) is 79.0 cm³/mol. The number of amides is 1. The van der Waals surface area contributed by atoms with Crippen LogP contribution in [0.5, 0.6) is 0 Å². The van der Waals surface area contributed by atoms with Gasteiger partial charge in [-0.25, -0.2) is 13.2 Å². The number of carbonyl (C=O) groups excluding carboxylic acids is 1. The molecule has 1 aliphatic carbocycles. The topological polar surface area (TPSA) is 82.5 Å². The summed E-state index contributed by atoms with van der Waals surface area (Å²) in [5.41, 5.74) is 10.5. The van der Waals surface area contributed by atoms with E-state index in [4.69, 9.17) is 11.5 Å².